The number of carbonyl (C=O) groups is 2. The van der Waals surface area contributed by atoms with E-state index in [4.69, 9.17) is 16.7 Å². The smallest absolute Gasteiger partial charge is 0.326 e. The van der Waals surface area contributed by atoms with E-state index in [1.807, 2.05) is 0 Å². The van der Waals surface area contributed by atoms with Crippen LogP contribution in [0.3, 0.4) is 0 Å². The van der Waals surface area contributed by atoms with Gasteiger partial charge in [-0.2, -0.15) is 0 Å². The van der Waals surface area contributed by atoms with Gasteiger partial charge in [0.05, 0.1) is 10.6 Å². The summed E-state index contributed by atoms with van der Waals surface area (Å²) in [4.78, 5) is 24.1. The number of amides is 1. The Labute approximate surface area is 97.4 Å². The van der Waals surface area contributed by atoms with Crippen LogP contribution in [0.5, 0.6) is 0 Å². The SMILES string of the molecule is CC(C(=O)O)N1Cc2cccc(Cl)c2C1=O. The molecule has 1 N–H and O–H groups in total. The molecular formula is C11H10ClNO3. The van der Waals surface area contributed by atoms with Gasteiger partial charge in [-0.3, -0.25) is 4.79 Å². The lowest BCUT2D eigenvalue weighted by atomic mass is 10.1. The number of benzene rings is 1. The van der Waals surface area contributed by atoms with Gasteiger partial charge in [0, 0.05) is 6.54 Å². The molecule has 0 aliphatic carbocycles. The van der Waals surface area contributed by atoms with Crippen LogP contribution in [0.1, 0.15) is 22.8 Å². The second-order valence-electron chi connectivity index (χ2n) is 3.72. The lowest BCUT2D eigenvalue weighted by Crippen LogP contribution is -2.39. The third-order valence-electron chi connectivity index (χ3n) is 2.74. The van der Waals surface area contributed by atoms with E-state index in [-0.39, 0.29) is 5.91 Å². The van der Waals surface area contributed by atoms with Gasteiger partial charge in [-0.1, -0.05) is 23.7 Å². The highest BCUT2D eigenvalue weighted by molar-refractivity contribution is 6.34. The Morgan fingerprint density at radius 3 is 2.81 bits per heavy atom. The zero-order chi connectivity index (χ0) is 11.9. The highest BCUT2D eigenvalue weighted by Crippen LogP contribution is 2.30. The summed E-state index contributed by atoms with van der Waals surface area (Å²) in [5, 5.41) is 9.26. The molecule has 1 atom stereocenters. The number of carbonyl (C=O) groups excluding carboxylic acids is 1. The Balaban J connectivity index is 2.38. The lowest BCUT2D eigenvalue weighted by molar-refractivity contribution is -0.141. The average Bonchev–Trinajstić information content (AvgIpc) is 2.56. The number of carboxylic acids is 1. The molecule has 4 nitrogen and oxygen atoms in total. The number of carboxylic acid groups (broad SMARTS) is 1. The zero-order valence-electron chi connectivity index (χ0n) is 8.61. The molecule has 0 spiro atoms. The first-order valence-electron chi connectivity index (χ1n) is 4.83. The highest BCUT2D eigenvalue weighted by Gasteiger charge is 2.34. The van der Waals surface area contributed by atoms with Crippen LogP contribution in [0, 0.1) is 0 Å². The summed E-state index contributed by atoms with van der Waals surface area (Å²) in [6, 6.07) is 4.33. The summed E-state index contributed by atoms with van der Waals surface area (Å²) in [7, 11) is 0. The van der Waals surface area contributed by atoms with Crippen molar-refractivity contribution < 1.29 is 14.7 Å². The molecule has 0 fully saturated rings. The number of nitrogens with zero attached hydrogens (tertiary/aromatic N) is 1. The molecule has 1 unspecified atom stereocenters. The third-order valence-corrected chi connectivity index (χ3v) is 3.06. The van der Waals surface area contributed by atoms with E-state index in [2.05, 4.69) is 0 Å². The van der Waals surface area contributed by atoms with Crippen LogP contribution in [0.25, 0.3) is 0 Å². The summed E-state index contributed by atoms with van der Waals surface area (Å²) >= 11 is 5.92. The van der Waals surface area contributed by atoms with Crippen molar-refractivity contribution in [2.24, 2.45) is 0 Å². The predicted octanol–water partition coefficient (Wildman–Crippen LogP) is 1.77. The fraction of sp³-hybridized carbons (Fsp3) is 0.273. The topological polar surface area (TPSA) is 57.6 Å². The van der Waals surface area contributed by atoms with Gasteiger partial charge in [-0.15, -0.1) is 0 Å². The maximum Gasteiger partial charge on any atom is 0.326 e. The molecule has 5 heteroatoms. The number of rotatable bonds is 2. The molecule has 1 aromatic carbocycles. The number of hydrogen-bond donors (Lipinski definition) is 1. The Morgan fingerprint density at radius 1 is 1.56 bits per heavy atom. The van der Waals surface area contributed by atoms with E-state index in [1.54, 1.807) is 18.2 Å². The van der Waals surface area contributed by atoms with Crippen molar-refractivity contribution in [3.05, 3.63) is 34.3 Å². The molecule has 0 saturated carbocycles. The van der Waals surface area contributed by atoms with Crippen molar-refractivity contribution in [2.75, 3.05) is 0 Å². The molecule has 1 aliphatic rings. The Bertz CT molecular complexity index is 472. The minimum absolute atomic E-state index is 0.308. The fourth-order valence-electron chi connectivity index (χ4n) is 1.79. The maximum absolute atomic E-state index is 11.9. The van der Waals surface area contributed by atoms with E-state index in [0.29, 0.717) is 17.1 Å². The van der Waals surface area contributed by atoms with Crippen molar-refractivity contribution in [3.8, 4) is 0 Å². The van der Waals surface area contributed by atoms with Gasteiger partial charge in [0.15, 0.2) is 0 Å². The molecule has 1 amide bonds. The van der Waals surface area contributed by atoms with Crippen LogP contribution in [-0.4, -0.2) is 27.9 Å². The Hall–Kier alpha value is -1.55. The quantitative estimate of drug-likeness (QED) is 0.856. The van der Waals surface area contributed by atoms with Gasteiger partial charge in [0.25, 0.3) is 5.91 Å². The van der Waals surface area contributed by atoms with Gasteiger partial charge in [0.2, 0.25) is 0 Å². The number of halogens is 1. The highest BCUT2D eigenvalue weighted by atomic mass is 35.5. The summed E-state index contributed by atoms with van der Waals surface area (Å²) in [6.07, 6.45) is 0. The summed E-state index contributed by atoms with van der Waals surface area (Å²) in [5.41, 5.74) is 1.21. The van der Waals surface area contributed by atoms with Crippen LogP contribution in [0.2, 0.25) is 5.02 Å². The van der Waals surface area contributed by atoms with Gasteiger partial charge in [-0.25, -0.2) is 4.79 Å². The number of fused-ring (bicyclic) bond motifs is 1. The van der Waals surface area contributed by atoms with Gasteiger partial charge in [-0.05, 0) is 18.6 Å². The van der Waals surface area contributed by atoms with E-state index >= 15 is 0 Å². The van der Waals surface area contributed by atoms with Crippen molar-refractivity contribution in [1.29, 1.82) is 0 Å². The van der Waals surface area contributed by atoms with Gasteiger partial charge < -0.3 is 10.0 Å². The van der Waals surface area contributed by atoms with Crippen molar-refractivity contribution >= 4 is 23.5 Å². The molecule has 0 saturated heterocycles. The Kier molecular flexibility index (Phi) is 2.59. The van der Waals surface area contributed by atoms with Crippen LogP contribution in [-0.2, 0) is 11.3 Å². The normalized spacial score (nSPS) is 16.1. The molecule has 1 heterocycles. The van der Waals surface area contributed by atoms with Gasteiger partial charge >= 0.3 is 5.97 Å². The summed E-state index contributed by atoms with van der Waals surface area (Å²) in [6.45, 7) is 1.79. The molecule has 2 rings (SSSR count). The molecule has 1 aromatic rings. The summed E-state index contributed by atoms with van der Waals surface area (Å²) < 4.78 is 0. The van der Waals surface area contributed by atoms with E-state index < -0.39 is 12.0 Å². The molecular weight excluding hydrogens is 230 g/mol. The Morgan fingerprint density at radius 2 is 2.25 bits per heavy atom. The average molecular weight is 240 g/mol. The minimum atomic E-state index is -1.02. The standard InChI is InChI=1S/C11H10ClNO3/c1-6(11(15)16)13-5-7-3-2-4-8(12)9(7)10(13)14/h2-4,6H,5H2,1H3,(H,15,16). The molecule has 0 bridgehead atoms. The first kappa shape index (κ1) is 11.0. The van der Waals surface area contributed by atoms with Gasteiger partial charge in [0.1, 0.15) is 6.04 Å². The zero-order valence-corrected chi connectivity index (χ0v) is 9.36. The van der Waals surface area contributed by atoms with E-state index in [9.17, 15) is 9.59 Å². The molecule has 0 aromatic heterocycles. The monoisotopic (exact) mass is 239 g/mol. The maximum atomic E-state index is 11.9. The fourth-order valence-corrected chi connectivity index (χ4v) is 2.06. The molecule has 0 radical (unpaired) electrons. The lowest BCUT2D eigenvalue weighted by Gasteiger charge is -2.20. The first-order chi connectivity index (χ1) is 7.52. The van der Waals surface area contributed by atoms with E-state index in [0.717, 1.165) is 5.56 Å². The predicted molar refractivity (Wildman–Crippen MR) is 58.4 cm³/mol. The first-order valence-corrected chi connectivity index (χ1v) is 5.21. The molecule has 16 heavy (non-hydrogen) atoms. The number of hydrogen-bond acceptors (Lipinski definition) is 2. The minimum Gasteiger partial charge on any atom is -0.480 e. The molecule has 1 aliphatic heterocycles. The van der Waals surface area contributed by atoms with Crippen LogP contribution in [0.15, 0.2) is 18.2 Å². The largest absolute Gasteiger partial charge is 0.480 e. The van der Waals surface area contributed by atoms with Crippen LogP contribution >= 0.6 is 11.6 Å². The van der Waals surface area contributed by atoms with E-state index in [1.165, 1.54) is 11.8 Å². The molecule has 84 valence electrons. The van der Waals surface area contributed by atoms with Crippen molar-refractivity contribution in [3.63, 3.8) is 0 Å². The second kappa shape index (κ2) is 3.79. The van der Waals surface area contributed by atoms with Crippen molar-refractivity contribution in [1.82, 2.24) is 4.90 Å². The third kappa shape index (κ3) is 1.55. The van der Waals surface area contributed by atoms with Crippen LogP contribution < -0.4 is 0 Å². The number of aliphatic carboxylic acids is 1. The second-order valence-corrected chi connectivity index (χ2v) is 4.13. The summed E-state index contributed by atoms with van der Waals surface area (Å²) in [5.74, 6) is -1.33. The van der Waals surface area contributed by atoms with Crippen molar-refractivity contribution in [2.45, 2.75) is 19.5 Å². The van der Waals surface area contributed by atoms with Crippen LogP contribution in [0.4, 0.5) is 0 Å².